The van der Waals surface area contributed by atoms with Crippen LogP contribution in [0.2, 0.25) is 10.1 Å². The number of ether oxygens (including phenoxy) is 3. The highest BCUT2D eigenvalue weighted by molar-refractivity contribution is 6.99. The Morgan fingerprint density at radius 1 is 0.804 bits per heavy atom. The third-order valence-electron chi connectivity index (χ3n) is 10.6. The van der Waals surface area contributed by atoms with Gasteiger partial charge in [0, 0.05) is 37.8 Å². The van der Waals surface area contributed by atoms with E-state index >= 15 is 0 Å². The molecule has 10 nitrogen and oxygen atoms in total. The molecule has 4 aromatic rings. The van der Waals surface area contributed by atoms with Crippen LogP contribution in [0.3, 0.4) is 0 Å². The fourth-order valence-electron chi connectivity index (χ4n) is 7.85. The van der Waals surface area contributed by atoms with Gasteiger partial charge in [-0.2, -0.15) is 4.90 Å². The highest BCUT2D eigenvalue weighted by Crippen LogP contribution is 2.42. The number of benzene rings is 3. The molecule has 0 N–H and O–H groups in total. The molecule has 0 radical (unpaired) electrons. The normalized spacial score (nSPS) is 19.9. The van der Waals surface area contributed by atoms with Crippen molar-refractivity contribution in [3.05, 3.63) is 90.1 Å². The van der Waals surface area contributed by atoms with E-state index in [-0.39, 0.29) is 22.5 Å². The van der Waals surface area contributed by atoms with E-state index in [0.29, 0.717) is 18.2 Å². The van der Waals surface area contributed by atoms with Crippen LogP contribution >= 0.6 is 11.6 Å². The largest absolute Gasteiger partial charge is 0.443 e. The van der Waals surface area contributed by atoms with E-state index in [4.69, 9.17) is 30.2 Å². The SMILES string of the molecule is CC(C)(C)OC(=O)N(C(=O)OC(C)(C)C)c1cc2cc(N3CCN([C@]4(C)COC[C@@H]4O[Si](c4ccccc4)(c4ccccc4)C(C)(C)C)CC3)c(Cl)cc2cn1. The number of amides is 2. The minimum Gasteiger partial charge on any atom is -0.443 e. The number of hydrogen-bond donors (Lipinski definition) is 0. The van der Waals surface area contributed by atoms with Gasteiger partial charge in [0.15, 0.2) is 0 Å². The summed E-state index contributed by atoms with van der Waals surface area (Å²) >= 11 is 6.95. The van der Waals surface area contributed by atoms with Crippen LogP contribution in [0.5, 0.6) is 0 Å². The maximum atomic E-state index is 13.4. The highest BCUT2D eigenvalue weighted by Gasteiger charge is 2.56. The van der Waals surface area contributed by atoms with E-state index in [1.165, 1.54) is 10.4 Å². The quantitative estimate of drug-likeness (QED) is 0.171. The number of aromatic nitrogens is 1. The molecule has 56 heavy (non-hydrogen) atoms. The highest BCUT2D eigenvalue weighted by atomic mass is 35.5. The van der Waals surface area contributed by atoms with E-state index in [9.17, 15) is 9.59 Å². The molecule has 0 aliphatic carbocycles. The number of imide groups is 1. The van der Waals surface area contributed by atoms with Gasteiger partial charge in [-0.3, -0.25) is 4.90 Å². The van der Waals surface area contributed by atoms with Crippen LogP contribution in [0.15, 0.2) is 85.1 Å². The van der Waals surface area contributed by atoms with E-state index < -0.39 is 31.7 Å². The second kappa shape index (κ2) is 15.7. The maximum absolute atomic E-state index is 13.4. The Hall–Kier alpha value is -4.00. The van der Waals surface area contributed by atoms with Crippen molar-refractivity contribution in [2.24, 2.45) is 0 Å². The summed E-state index contributed by atoms with van der Waals surface area (Å²) in [6, 6.07) is 27.1. The molecule has 12 heteroatoms. The molecule has 2 fully saturated rings. The molecule has 0 unspecified atom stereocenters. The van der Waals surface area contributed by atoms with Crippen LogP contribution in [0, 0.1) is 0 Å². The predicted molar refractivity (Wildman–Crippen MR) is 227 cm³/mol. The first-order chi connectivity index (χ1) is 26.2. The molecular formula is C44H57ClN4O6Si. The molecule has 2 aliphatic rings. The lowest BCUT2D eigenvalue weighted by Gasteiger charge is -2.50. The lowest BCUT2D eigenvalue weighted by molar-refractivity contribution is 0.0165. The van der Waals surface area contributed by atoms with Gasteiger partial charge in [0.25, 0.3) is 8.32 Å². The molecule has 3 aromatic carbocycles. The van der Waals surface area contributed by atoms with Gasteiger partial charge in [-0.05, 0) is 87.5 Å². The zero-order valence-electron chi connectivity index (χ0n) is 34.5. The molecule has 2 atom stereocenters. The monoisotopic (exact) mass is 800 g/mol. The molecule has 0 spiro atoms. The van der Waals surface area contributed by atoms with Crippen molar-refractivity contribution in [3.8, 4) is 0 Å². The van der Waals surface area contributed by atoms with Crippen molar-refractivity contribution < 1.29 is 28.2 Å². The third kappa shape index (κ3) is 8.62. The molecule has 0 bridgehead atoms. The van der Waals surface area contributed by atoms with Crippen LogP contribution in [0.1, 0.15) is 69.2 Å². The van der Waals surface area contributed by atoms with E-state index in [1.54, 1.807) is 53.8 Å². The lowest BCUT2D eigenvalue weighted by atomic mass is 9.95. The average Bonchev–Trinajstić information content (AvgIpc) is 3.49. The molecular weight excluding hydrogens is 744 g/mol. The lowest BCUT2D eigenvalue weighted by Crippen LogP contribution is -2.71. The van der Waals surface area contributed by atoms with Crippen LogP contribution < -0.4 is 20.2 Å². The fourth-order valence-corrected chi connectivity index (χ4v) is 12.9. The van der Waals surface area contributed by atoms with Crippen molar-refractivity contribution in [1.82, 2.24) is 9.88 Å². The van der Waals surface area contributed by atoms with Crippen molar-refractivity contribution in [1.29, 1.82) is 0 Å². The molecule has 300 valence electrons. The second-order valence-electron chi connectivity index (χ2n) is 18.1. The number of pyridine rings is 1. The predicted octanol–water partition coefficient (Wildman–Crippen LogP) is 8.42. The molecule has 3 heterocycles. The Balaban J connectivity index is 1.26. The Morgan fingerprint density at radius 3 is 1.84 bits per heavy atom. The van der Waals surface area contributed by atoms with Crippen LogP contribution in [-0.4, -0.2) is 92.6 Å². The third-order valence-corrected chi connectivity index (χ3v) is 15.9. The van der Waals surface area contributed by atoms with Gasteiger partial charge in [-0.15, -0.1) is 0 Å². The summed E-state index contributed by atoms with van der Waals surface area (Å²) in [4.78, 5) is 36.8. The molecule has 2 amide bonds. The summed E-state index contributed by atoms with van der Waals surface area (Å²) in [5.41, 5.74) is -1.16. The Morgan fingerprint density at radius 2 is 1.34 bits per heavy atom. The molecule has 6 rings (SSSR count). The van der Waals surface area contributed by atoms with Gasteiger partial charge in [0.1, 0.15) is 17.0 Å². The van der Waals surface area contributed by atoms with Crippen LogP contribution in [0.25, 0.3) is 10.8 Å². The van der Waals surface area contributed by atoms with E-state index in [0.717, 1.165) is 47.5 Å². The number of rotatable bonds is 7. The minimum atomic E-state index is -2.82. The summed E-state index contributed by atoms with van der Waals surface area (Å²) < 4.78 is 25.1. The first-order valence-electron chi connectivity index (χ1n) is 19.4. The van der Waals surface area contributed by atoms with Gasteiger partial charge in [-0.25, -0.2) is 14.6 Å². The summed E-state index contributed by atoms with van der Waals surface area (Å²) in [5, 5.41) is 4.48. The number of anilines is 2. The van der Waals surface area contributed by atoms with E-state index in [2.05, 4.69) is 103 Å². The standard InChI is InChI=1S/C44H57ClN4O6Si/c1-41(2,3)53-39(50)49(40(51)54-42(4,5)6)38-27-31-26-36(35(45)25-32(31)28-46-38)47-21-23-48(24-22-47)44(10)30-52-29-37(44)55-56(43(7,8)9,33-17-13-11-14-18-33)34-19-15-12-16-20-34/h11-20,25-28,37H,21-24,29-30H2,1-10H3/t37-,44+/m0/s1. The second-order valence-corrected chi connectivity index (χ2v) is 22.8. The molecule has 2 aliphatic heterocycles. The fraction of sp³-hybridized carbons (Fsp3) is 0.477. The minimum absolute atomic E-state index is 0.0974. The summed E-state index contributed by atoms with van der Waals surface area (Å²) in [6.07, 6.45) is -0.281. The first-order valence-corrected chi connectivity index (χ1v) is 21.7. The summed E-state index contributed by atoms with van der Waals surface area (Å²) in [7, 11) is -2.82. The van der Waals surface area contributed by atoms with E-state index in [1.807, 2.05) is 12.1 Å². The maximum Gasteiger partial charge on any atom is 0.425 e. The number of hydrogen-bond acceptors (Lipinski definition) is 9. The average molecular weight is 802 g/mol. The number of carbonyl (C=O) groups excluding carboxylic acids is 2. The summed E-state index contributed by atoms with van der Waals surface area (Å²) in [6.45, 7) is 23.8. The van der Waals surface area contributed by atoms with Gasteiger partial charge >= 0.3 is 12.2 Å². The van der Waals surface area contributed by atoms with Gasteiger partial charge in [0.05, 0.1) is 35.6 Å². The molecule has 1 aromatic heterocycles. The zero-order chi connectivity index (χ0) is 40.7. The van der Waals surface area contributed by atoms with Crippen LogP contribution in [0.4, 0.5) is 21.1 Å². The van der Waals surface area contributed by atoms with Crippen molar-refractivity contribution >= 4 is 64.8 Å². The van der Waals surface area contributed by atoms with Crippen molar-refractivity contribution in [2.75, 3.05) is 49.2 Å². The number of nitrogens with zero attached hydrogens (tertiary/aromatic N) is 4. The number of fused-ring (bicyclic) bond motifs is 1. The number of piperazine rings is 1. The summed E-state index contributed by atoms with van der Waals surface area (Å²) in [5.74, 6) is 0.0974. The topological polar surface area (TPSA) is 93.7 Å². The Bertz CT molecular complexity index is 1960. The van der Waals surface area contributed by atoms with Gasteiger partial charge in [0.2, 0.25) is 0 Å². The molecule has 0 saturated carbocycles. The number of halogens is 1. The zero-order valence-corrected chi connectivity index (χ0v) is 36.3. The Labute approximate surface area is 338 Å². The van der Waals surface area contributed by atoms with Gasteiger partial charge in [-0.1, -0.05) is 93.0 Å². The first kappa shape index (κ1) is 41.6. The smallest absolute Gasteiger partial charge is 0.425 e. The van der Waals surface area contributed by atoms with Crippen molar-refractivity contribution in [2.45, 2.75) is 97.1 Å². The van der Waals surface area contributed by atoms with Crippen molar-refractivity contribution in [3.63, 3.8) is 0 Å². The molecule has 2 saturated heterocycles. The number of carbonyl (C=O) groups is 2. The van der Waals surface area contributed by atoms with Crippen LogP contribution in [-0.2, 0) is 18.6 Å². The van der Waals surface area contributed by atoms with Gasteiger partial charge < -0.3 is 23.5 Å². The Kier molecular flexibility index (Phi) is 11.7.